The first kappa shape index (κ1) is 16.1. The molecule has 3 rings (SSSR count). The van der Waals surface area contributed by atoms with E-state index in [-0.39, 0.29) is 17.9 Å². The highest BCUT2D eigenvalue weighted by molar-refractivity contribution is 7.03. The summed E-state index contributed by atoms with van der Waals surface area (Å²) in [5.41, 5.74) is 0.477. The zero-order chi connectivity index (χ0) is 16.6. The van der Waals surface area contributed by atoms with Crippen molar-refractivity contribution >= 4 is 34.9 Å². The van der Waals surface area contributed by atoms with Crippen LogP contribution in [0.4, 0.5) is 0 Å². The topological polar surface area (TPSA) is 66.4 Å². The molecule has 1 fully saturated rings. The molecule has 0 radical (unpaired) electrons. The first-order chi connectivity index (χ1) is 10.9. The Bertz CT molecular complexity index is 697. The van der Waals surface area contributed by atoms with Crippen LogP contribution in [-0.4, -0.2) is 55.0 Å². The van der Waals surface area contributed by atoms with Crippen LogP contribution in [0.25, 0.3) is 0 Å². The summed E-state index contributed by atoms with van der Waals surface area (Å²) in [4.78, 5) is 28.9. The average Bonchev–Trinajstić information content (AvgIpc) is 3.20. The second kappa shape index (κ2) is 6.01. The Kier molecular flexibility index (Phi) is 4.20. The molecule has 2 aromatic rings. The number of nitrogens with zero attached hydrogens (tertiary/aromatic N) is 4. The number of hydrogen-bond acceptors (Lipinski definition) is 6. The Labute approximate surface area is 143 Å². The second-order valence-corrected chi connectivity index (χ2v) is 7.61. The van der Waals surface area contributed by atoms with Gasteiger partial charge in [-0.05, 0) is 56.0 Å². The molecule has 23 heavy (non-hydrogen) atoms. The van der Waals surface area contributed by atoms with E-state index < -0.39 is 5.54 Å². The highest BCUT2D eigenvalue weighted by atomic mass is 32.1. The third kappa shape index (κ3) is 3.00. The Morgan fingerprint density at radius 2 is 1.70 bits per heavy atom. The molecule has 1 saturated heterocycles. The number of aromatic nitrogens is 2. The third-order valence-electron chi connectivity index (χ3n) is 4.09. The number of piperazine rings is 1. The quantitative estimate of drug-likeness (QED) is 0.834. The van der Waals surface area contributed by atoms with E-state index in [9.17, 15) is 9.59 Å². The van der Waals surface area contributed by atoms with Crippen molar-refractivity contribution in [3.8, 4) is 0 Å². The van der Waals surface area contributed by atoms with Crippen LogP contribution in [0.1, 0.15) is 41.7 Å². The molecule has 8 heteroatoms. The van der Waals surface area contributed by atoms with E-state index >= 15 is 0 Å². The number of carbonyl (C=O) groups excluding carboxylic acids is 2. The lowest BCUT2D eigenvalue weighted by atomic mass is 9.95. The molecule has 0 spiro atoms. The van der Waals surface area contributed by atoms with Gasteiger partial charge in [-0.15, -0.1) is 0 Å². The summed E-state index contributed by atoms with van der Waals surface area (Å²) < 4.78 is 8.27. The van der Waals surface area contributed by atoms with E-state index in [1.165, 1.54) is 23.1 Å². The van der Waals surface area contributed by atoms with Crippen molar-refractivity contribution < 1.29 is 9.59 Å². The largest absolute Gasteiger partial charge is 0.330 e. The van der Waals surface area contributed by atoms with Crippen LogP contribution >= 0.6 is 23.1 Å². The van der Waals surface area contributed by atoms with Crippen molar-refractivity contribution in [1.29, 1.82) is 0 Å². The summed E-state index contributed by atoms with van der Waals surface area (Å²) in [5, 5.41) is 3.59. The number of hydrogen-bond donors (Lipinski definition) is 0. The van der Waals surface area contributed by atoms with Crippen molar-refractivity contribution in [3.63, 3.8) is 0 Å². The summed E-state index contributed by atoms with van der Waals surface area (Å²) in [6.45, 7) is 6.87. The molecule has 122 valence electrons. The lowest BCUT2D eigenvalue weighted by Gasteiger charge is -2.49. The highest BCUT2D eigenvalue weighted by Gasteiger charge is 2.42. The number of amides is 2. The molecule has 0 aromatic carbocycles. The minimum absolute atomic E-state index is 0.0696. The van der Waals surface area contributed by atoms with E-state index in [4.69, 9.17) is 0 Å². The van der Waals surface area contributed by atoms with Crippen LogP contribution < -0.4 is 0 Å². The van der Waals surface area contributed by atoms with Gasteiger partial charge in [-0.25, -0.2) is 0 Å². The van der Waals surface area contributed by atoms with Crippen LogP contribution in [0.5, 0.6) is 0 Å². The second-order valence-electron chi connectivity index (χ2n) is 6.28. The molecular weight excluding hydrogens is 332 g/mol. The van der Waals surface area contributed by atoms with Gasteiger partial charge >= 0.3 is 0 Å². The van der Waals surface area contributed by atoms with Crippen molar-refractivity contribution in [3.05, 3.63) is 34.3 Å². The lowest BCUT2D eigenvalue weighted by Crippen LogP contribution is -2.65. The molecule has 2 aromatic heterocycles. The van der Waals surface area contributed by atoms with Gasteiger partial charge in [-0.1, -0.05) is 0 Å². The van der Waals surface area contributed by atoms with Gasteiger partial charge in [0, 0.05) is 29.9 Å². The normalized spacial score (nSPS) is 20.6. The first-order valence-electron chi connectivity index (χ1n) is 7.34. The summed E-state index contributed by atoms with van der Waals surface area (Å²) in [5.74, 6) is -0.156. The zero-order valence-electron chi connectivity index (χ0n) is 13.2. The minimum atomic E-state index is -0.459. The van der Waals surface area contributed by atoms with E-state index in [2.05, 4.69) is 8.75 Å². The van der Waals surface area contributed by atoms with Gasteiger partial charge in [0.05, 0.1) is 5.54 Å². The summed E-state index contributed by atoms with van der Waals surface area (Å²) in [6.07, 6.45) is 0. The van der Waals surface area contributed by atoms with Gasteiger partial charge in [0.15, 0.2) is 0 Å². The predicted molar refractivity (Wildman–Crippen MR) is 89.8 cm³/mol. The summed E-state index contributed by atoms with van der Waals surface area (Å²) in [7, 11) is 0. The maximum absolute atomic E-state index is 12.7. The van der Waals surface area contributed by atoms with E-state index in [1.807, 2.05) is 25.7 Å². The SMILES string of the molecule is CC1CN(C(=O)c2ccsn2)C(C)(C)CN1C(=O)c1ccsn1. The number of carbonyl (C=O) groups is 2. The monoisotopic (exact) mass is 350 g/mol. The van der Waals surface area contributed by atoms with Gasteiger partial charge < -0.3 is 9.80 Å². The van der Waals surface area contributed by atoms with Crippen LogP contribution in [0.15, 0.2) is 22.9 Å². The highest BCUT2D eigenvalue weighted by Crippen LogP contribution is 2.27. The van der Waals surface area contributed by atoms with Crippen LogP contribution in [-0.2, 0) is 0 Å². The molecule has 3 heterocycles. The molecule has 0 saturated carbocycles. The first-order valence-corrected chi connectivity index (χ1v) is 9.01. The maximum atomic E-state index is 12.7. The third-order valence-corrected chi connectivity index (χ3v) is 5.21. The molecule has 1 unspecified atom stereocenters. The molecule has 0 bridgehead atoms. The van der Waals surface area contributed by atoms with Crippen molar-refractivity contribution in [2.75, 3.05) is 13.1 Å². The summed E-state index contributed by atoms with van der Waals surface area (Å²) >= 11 is 2.54. The molecule has 1 aliphatic rings. The van der Waals surface area contributed by atoms with Crippen molar-refractivity contribution in [1.82, 2.24) is 18.5 Å². The Morgan fingerprint density at radius 3 is 2.22 bits per heavy atom. The predicted octanol–water partition coefficient (Wildman–Crippen LogP) is 2.36. The summed E-state index contributed by atoms with van der Waals surface area (Å²) in [6, 6.07) is 3.40. The van der Waals surface area contributed by atoms with Crippen LogP contribution in [0.3, 0.4) is 0 Å². The fourth-order valence-electron chi connectivity index (χ4n) is 2.83. The molecule has 1 atom stereocenters. The number of rotatable bonds is 2. The van der Waals surface area contributed by atoms with E-state index in [1.54, 1.807) is 27.8 Å². The van der Waals surface area contributed by atoms with E-state index in [0.29, 0.717) is 24.5 Å². The molecule has 0 aliphatic carbocycles. The van der Waals surface area contributed by atoms with Gasteiger partial charge in [0.25, 0.3) is 11.8 Å². The standard InChI is InChI=1S/C15H18N4O2S2/c1-10-8-19(14(21)12-5-7-23-17-12)15(2,3)9-18(10)13(20)11-4-6-22-16-11/h4-7,10H,8-9H2,1-3H3. The van der Waals surface area contributed by atoms with Crippen LogP contribution in [0, 0.1) is 0 Å². The van der Waals surface area contributed by atoms with Crippen LogP contribution in [0.2, 0.25) is 0 Å². The molecule has 0 N–H and O–H groups in total. The Balaban J connectivity index is 1.82. The lowest BCUT2D eigenvalue weighted by molar-refractivity contribution is -0.000934. The van der Waals surface area contributed by atoms with E-state index in [0.717, 1.165) is 0 Å². The molecular formula is C15H18N4O2S2. The van der Waals surface area contributed by atoms with Gasteiger partial charge in [0.1, 0.15) is 11.4 Å². The van der Waals surface area contributed by atoms with Gasteiger partial charge in [-0.3, -0.25) is 9.59 Å². The fourth-order valence-corrected chi connectivity index (χ4v) is 3.84. The minimum Gasteiger partial charge on any atom is -0.330 e. The zero-order valence-corrected chi connectivity index (χ0v) is 14.9. The fraction of sp³-hybridized carbons (Fsp3) is 0.467. The Morgan fingerprint density at radius 1 is 1.13 bits per heavy atom. The van der Waals surface area contributed by atoms with Crippen molar-refractivity contribution in [2.45, 2.75) is 32.4 Å². The maximum Gasteiger partial charge on any atom is 0.274 e. The van der Waals surface area contributed by atoms with Crippen molar-refractivity contribution in [2.24, 2.45) is 0 Å². The molecule has 6 nitrogen and oxygen atoms in total. The molecule has 2 amide bonds. The Hall–Kier alpha value is -1.80. The average molecular weight is 350 g/mol. The smallest absolute Gasteiger partial charge is 0.274 e. The van der Waals surface area contributed by atoms with Gasteiger partial charge in [-0.2, -0.15) is 8.75 Å². The van der Waals surface area contributed by atoms with Gasteiger partial charge in [0.2, 0.25) is 0 Å². The molecule has 1 aliphatic heterocycles.